The van der Waals surface area contributed by atoms with Crippen LogP contribution in [0.25, 0.3) is 0 Å². The molecule has 0 heterocycles. The maximum absolute atomic E-state index is 11.6. The van der Waals surface area contributed by atoms with Gasteiger partial charge in [0.15, 0.2) is 0 Å². The zero-order valence-corrected chi connectivity index (χ0v) is 11.9. The summed E-state index contributed by atoms with van der Waals surface area (Å²) in [5, 5.41) is 0. The van der Waals surface area contributed by atoms with Crippen LogP contribution in [0.4, 0.5) is 0 Å². The van der Waals surface area contributed by atoms with Crippen LogP contribution in [0.15, 0.2) is 0 Å². The van der Waals surface area contributed by atoms with Gasteiger partial charge in [-0.25, -0.2) is 4.72 Å². The summed E-state index contributed by atoms with van der Waals surface area (Å²) in [6.45, 7) is 2.77. The zero-order chi connectivity index (χ0) is 12.0. The van der Waals surface area contributed by atoms with Crippen LogP contribution in [-0.2, 0) is 10.2 Å². The minimum Gasteiger partial charge on any atom is -0.329 e. The number of nitrogens with two attached hydrogens (primary N) is 1. The van der Waals surface area contributed by atoms with Crippen LogP contribution in [0.5, 0.6) is 0 Å². The number of rotatable bonds is 7. The first kappa shape index (κ1) is 17.1. The van der Waals surface area contributed by atoms with Gasteiger partial charge < -0.3 is 5.73 Å². The average molecular weight is 286 g/mol. The third kappa shape index (κ3) is 6.01. The fourth-order valence-corrected chi connectivity index (χ4v) is 3.42. The lowest BCUT2D eigenvalue weighted by Gasteiger charge is -2.22. The molecule has 0 aliphatic heterocycles. The predicted molar refractivity (Wildman–Crippen MR) is 72.4 cm³/mol. The van der Waals surface area contributed by atoms with Crippen molar-refractivity contribution in [1.82, 2.24) is 9.44 Å². The van der Waals surface area contributed by atoms with Crippen molar-refractivity contribution in [2.75, 3.05) is 13.1 Å². The molecule has 0 amide bonds. The Morgan fingerprint density at radius 2 is 1.94 bits per heavy atom. The maximum atomic E-state index is 11.6. The topological polar surface area (TPSA) is 84.2 Å². The van der Waals surface area contributed by atoms with Crippen LogP contribution >= 0.6 is 12.4 Å². The number of hydrogen-bond acceptors (Lipinski definition) is 3. The lowest BCUT2D eigenvalue weighted by Crippen LogP contribution is -2.49. The Hall–Kier alpha value is 0.120. The van der Waals surface area contributed by atoms with E-state index in [1.165, 1.54) is 12.8 Å². The molecule has 7 heteroatoms. The molecule has 0 radical (unpaired) electrons. The third-order valence-electron chi connectivity index (χ3n) is 3.07. The van der Waals surface area contributed by atoms with Gasteiger partial charge in [-0.3, -0.25) is 0 Å². The van der Waals surface area contributed by atoms with Gasteiger partial charge in [0.25, 0.3) is 10.2 Å². The quantitative estimate of drug-likeness (QED) is 0.646. The molecule has 17 heavy (non-hydrogen) atoms. The highest BCUT2D eigenvalue weighted by molar-refractivity contribution is 7.87. The summed E-state index contributed by atoms with van der Waals surface area (Å²) in [6, 6.07) is -0.114. The highest BCUT2D eigenvalue weighted by Crippen LogP contribution is 2.27. The molecule has 1 aliphatic rings. The molecule has 0 aromatic rings. The molecule has 0 saturated heterocycles. The lowest BCUT2D eigenvalue weighted by atomic mass is 9.99. The maximum Gasteiger partial charge on any atom is 0.277 e. The van der Waals surface area contributed by atoms with Crippen molar-refractivity contribution >= 4 is 22.6 Å². The molecule has 1 saturated carbocycles. The highest BCUT2D eigenvalue weighted by Gasteiger charge is 2.27. The van der Waals surface area contributed by atoms with Gasteiger partial charge in [-0.2, -0.15) is 13.1 Å². The highest BCUT2D eigenvalue weighted by atomic mass is 35.5. The summed E-state index contributed by atoms with van der Waals surface area (Å²) >= 11 is 0. The van der Waals surface area contributed by atoms with Gasteiger partial charge in [0.05, 0.1) is 0 Å². The van der Waals surface area contributed by atoms with Gasteiger partial charge in [0.2, 0.25) is 0 Å². The first-order valence-electron chi connectivity index (χ1n) is 6.06. The molecule has 0 bridgehead atoms. The minimum atomic E-state index is -3.37. The molecule has 0 aromatic heterocycles. The van der Waals surface area contributed by atoms with Crippen molar-refractivity contribution in [2.24, 2.45) is 11.7 Å². The summed E-state index contributed by atoms with van der Waals surface area (Å²) in [6.07, 6.45) is 5.32. The van der Waals surface area contributed by atoms with Crippen molar-refractivity contribution < 1.29 is 8.42 Å². The summed E-state index contributed by atoms with van der Waals surface area (Å²) in [7, 11) is -3.37. The SMILES string of the molecule is CCCNS(=O)(=O)NC(CN)C1CCCC1.Cl. The van der Waals surface area contributed by atoms with Crippen LogP contribution in [0.2, 0.25) is 0 Å². The molecule has 1 fully saturated rings. The van der Waals surface area contributed by atoms with E-state index in [0.717, 1.165) is 19.3 Å². The Balaban J connectivity index is 0.00000256. The van der Waals surface area contributed by atoms with E-state index in [4.69, 9.17) is 5.73 Å². The Labute approximate surface area is 111 Å². The zero-order valence-electron chi connectivity index (χ0n) is 10.3. The van der Waals surface area contributed by atoms with Gasteiger partial charge in [-0.1, -0.05) is 19.8 Å². The fraction of sp³-hybridized carbons (Fsp3) is 1.00. The van der Waals surface area contributed by atoms with E-state index in [0.29, 0.717) is 19.0 Å². The number of nitrogens with one attached hydrogen (secondary N) is 2. The van der Waals surface area contributed by atoms with E-state index >= 15 is 0 Å². The molecular weight excluding hydrogens is 262 g/mol. The Bertz CT molecular complexity index is 292. The van der Waals surface area contributed by atoms with Crippen molar-refractivity contribution in [3.8, 4) is 0 Å². The number of halogens is 1. The van der Waals surface area contributed by atoms with Crippen LogP contribution in [0.1, 0.15) is 39.0 Å². The molecule has 0 spiro atoms. The Morgan fingerprint density at radius 3 is 2.41 bits per heavy atom. The van der Waals surface area contributed by atoms with E-state index < -0.39 is 10.2 Å². The molecule has 5 nitrogen and oxygen atoms in total. The van der Waals surface area contributed by atoms with Gasteiger partial charge in [0.1, 0.15) is 0 Å². The summed E-state index contributed by atoms with van der Waals surface area (Å²) in [5.41, 5.74) is 5.63. The molecular formula is C10H24ClN3O2S. The standard InChI is InChI=1S/C10H23N3O2S.ClH/c1-2-7-12-16(14,15)13-10(8-11)9-5-3-4-6-9;/h9-10,12-13H,2-8,11H2,1H3;1H. The van der Waals surface area contributed by atoms with Crippen molar-refractivity contribution in [2.45, 2.75) is 45.1 Å². The molecule has 1 rings (SSSR count). The smallest absolute Gasteiger partial charge is 0.277 e. The van der Waals surface area contributed by atoms with Crippen molar-refractivity contribution in [1.29, 1.82) is 0 Å². The molecule has 1 aliphatic carbocycles. The van der Waals surface area contributed by atoms with Gasteiger partial charge in [0, 0.05) is 19.1 Å². The van der Waals surface area contributed by atoms with Gasteiger partial charge in [-0.15, -0.1) is 12.4 Å². The van der Waals surface area contributed by atoms with E-state index in [2.05, 4.69) is 9.44 Å². The first-order valence-corrected chi connectivity index (χ1v) is 7.54. The fourth-order valence-electron chi connectivity index (χ4n) is 2.17. The van der Waals surface area contributed by atoms with Crippen molar-refractivity contribution in [3.05, 3.63) is 0 Å². The van der Waals surface area contributed by atoms with Crippen LogP contribution in [0.3, 0.4) is 0 Å². The normalized spacial score (nSPS) is 18.9. The monoisotopic (exact) mass is 285 g/mol. The predicted octanol–water partition coefficient (Wildman–Crippen LogP) is 0.760. The Morgan fingerprint density at radius 1 is 1.35 bits per heavy atom. The molecule has 0 aromatic carbocycles. The molecule has 4 N–H and O–H groups in total. The van der Waals surface area contributed by atoms with E-state index in [1.807, 2.05) is 6.92 Å². The van der Waals surface area contributed by atoms with Crippen LogP contribution in [-0.4, -0.2) is 27.5 Å². The van der Waals surface area contributed by atoms with Crippen LogP contribution in [0, 0.1) is 5.92 Å². The second-order valence-corrected chi connectivity index (χ2v) is 5.93. The lowest BCUT2D eigenvalue weighted by molar-refractivity contribution is 0.403. The van der Waals surface area contributed by atoms with Gasteiger partial charge >= 0.3 is 0 Å². The molecule has 1 unspecified atom stereocenters. The first-order chi connectivity index (χ1) is 7.59. The summed E-state index contributed by atoms with van der Waals surface area (Å²) < 4.78 is 28.4. The van der Waals surface area contributed by atoms with E-state index in [1.54, 1.807) is 0 Å². The summed E-state index contributed by atoms with van der Waals surface area (Å²) in [4.78, 5) is 0. The summed E-state index contributed by atoms with van der Waals surface area (Å²) in [5.74, 6) is 0.406. The number of hydrogen-bond donors (Lipinski definition) is 3. The van der Waals surface area contributed by atoms with E-state index in [9.17, 15) is 8.42 Å². The molecule has 104 valence electrons. The van der Waals surface area contributed by atoms with E-state index in [-0.39, 0.29) is 18.4 Å². The van der Waals surface area contributed by atoms with Crippen LogP contribution < -0.4 is 15.2 Å². The second-order valence-electron chi connectivity index (χ2n) is 4.40. The average Bonchev–Trinajstić information content (AvgIpc) is 2.76. The van der Waals surface area contributed by atoms with Crippen molar-refractivity contribution in [3.63, 3.8) is 0 Å². The third-order valence-corrected chi connectivity index (χ3v) is 4.27. The largest absolute Gasteiger partial charge is 0.329 e. The van der Waals surface area contributed by atoms with Gasteiger partial charge in [-0.05, 0) is 25.2 Å². The Kier molecular flexibility index (Phi) is 8.32. The molecule has 1 atom stereocenters. The second kappa shape index (κ2) is 8.26. The minimum absolute atomic E-state index is 0.